The third-order valence-electron chi connectivity index (χ3n) is 3.04. The first-order chi connectivity index (χ1) is 8.15. The zero-order valence-corrected chi connectivity index (χ0v) is 10.6. The van der Waals surface area contributed by atoms with Gasteiger partial charge in [-0.25, -0.2) is 0 Å². The summed E-state index contributed by atoms with van der Waals surface area (Å²) < 4.78 is 0. The number of aliphatic imine (C=N–C) groups is 1. The van der Waals surface area contributed by atoms with Crippen LogP contribution in [0, 0.1) is 5.92 Å². The Morgan fingerprint density at radius 2 is 2.24 bits per heavy atom. The molecule has 1 aliphatic carbocycles. The number of nitrogens with zero attached hydrogens (tertiary/aromatic N) is 1. The molecular weight excluding hydrogens is 210 g/mol. The molecule has 17 heavy (non-hydrogen) atoms. The van der Waals surface area contributed by atoms with Gasteiger partial charge in [0, 0.05) is 12.2 Å². The molecule has 92 valence electrons. The SMILES string of the molecule is CC(C)c1cccc(NC(N)=NCC2CC2)c1. The molecule has 3 nitrogen and oxygen atoms in total. The Morgan fingerprint density at radius 3 is 2.88 bits per heavy atom. The highest BCUT2D eigenvalue weighted by Gasteiger charge is 2.20. The van der Waals surface area contributed by atoms with Gasteiger partial charge in [-0.2, -0.15) is 0 Å². The van der Waals surface area contributed by atoms with Crippen molar-refractivity contribution < 1.29 is 0 Å². The molecule has 1 fully saturated rings. The number of anilines is 1. The van der Waals surface area contributed by atoms with Crippen LogP contribution in [0.25, 0.3) is 0 Å². The van der Waals surface area contributed by atoms with Crippen molar-refractivity contribution in [2.75, 3.05) is 11.9 Å². The molecule has 0 radical (unpaired) electrons. The summed E-state index contributed by atoms with van der Waals surface area (Å²) in [5, 5.41) is 3.15. The first-order valence-corrected chi connectivity index (χ1v) is 6.32. The summed E-state index contributed by atoms with van der Waals surface area (Å²) in [6.07, 6.45) is 2.61. The average Bonchev–Trinajstić information content (AvgIpc) is 3.10. The van der Waals surface area contributed by atoms with Gasteiger partial charge < -0.3 is 11.1 Å². The van der Waals surface area contributed by atoms with Crippen LogP contribution in [0.1, 0.15) is 38.2 Å². The minimum Gasteiger partial charge on any atom is -0.370 e. The predicted molar refractivity (Wildman–Crippen MR) is 73.4 cm³/mol. The zero-order chi connectivity index (χ0) is 12.3. The van der Waals surface area contributed by atoms with Crippen LogP contribution in [0.3, 0.4) is 0 Å². The quantitative estimate of drug-likeness (QED) is 0.618. The van der Waals surface area contributed by atoms with E-state index in [0.717, 1.165) is 18.2 Å². The molecular formula is C14H21N3. The van der Waals surface area contributed by atoms with Crippen molar-refractivity contribution in [3.05, 3.63) is 29.8 Å². The lowest BCUT2D eigenvalue weighted by Gasteiger charge is -2.09. The molecule has 0 unspecified atom stereocenters. The third-order valence-corrected chi connectivity index (χ3v) is 3.04. The predicted octanol–water partition coefficient (Wildman–Crippen LogP) is 2.95. The summed E-state index contributed by atoms with van der Waals surface area (Å²) in [7, 11) is 0. The van der Waals surface area contributed by atoms with Crippen molar-refractivity contribution in [3.8, 4) is 0 Å². The van der Waals surface area contributed by atoms with Gasteiger partial charge in [-0.15, -0.1) is 0 Å². The fourth-order valence-electron chi connectivity index (χ4n) is 1.69. The maximum absolute atomic E-state index is 5.85. The van der Waals surface area contributed by atoms with Crippen molar-refractivity contribution in [3.63, 3.8) is 0 Å². The van der Waals surface area contributed by atoms with E-state index in [1.165, 1.54) is 18.4 Å². The lowest BCUT2D eigenvalue weighted by Crippen LogP contribution is -2.23. The lowest BCUT2D eigenvalue weighted by atomic mass is 10.0. The first kappa shape index (κ1) is 12.0. The molecule has 0 spiro atoms. The van der Waals surface area contributed by atoms with E-state index in [4.69, 9.17) is 5.73 Å². The minimum absolute atomic E-state index is 0.526. The van der Waals surface area contributed by atoms with Gasteiger partial charge in [-0.3, -0.25) is 4.99 Å². The van der Waals surface area contributed by atoms with E-state index in [1.807, 2.05) is 12.1 Å². The van der Waals surface area contributed by atoms with Crippen LogP contribution in [0.4, 0.5) is 5.69 Å². The first-order valence-electron chi connectivity index (χ1n) is 6.32. The van der Waals surface area contributed by atoms with Crippen LogP contribution in [0.5, 0.6) is 0 Å². The summed E-state index contributed by atoms with van der Waals surface area (Å²) in [6, 6.07) is 8.33. The topological polar surface area (TPSA) is 50.4 Å². The standard InChI is InChI=1S/C14H21N3/c1-10(2)12-4-3-5-13(8-12)17-14(15)16-9-11-6-7-11/h3-5,8,10-11H,6-7,9H2,1-2H3,(H3,15,16,17). The van der Waals surface area contributed by atoms with Gasteiger partial charge in [-0.1, -0.05) is 26.0 Å². The van der Waals surface area contributed by atoms with Crippen molar-refractivity contribution in [1.29, 1.82) is 0 Å². The van der Waals surface area contributed by atoms with E-state index in [9.17, 15) is 0 Å². The largest absolute Gasteiger partial charge is 0.370 e. The van der Waals surface area contributed by atoms with Gasteiger partial charge in [0.05, 0.1) is 0 Å². The second kappa shape index (κ2) is 5.21. The Labute approximate surface area is 103 Å². The van der Waals surface area contributed by atoms with E-state index in [1.54, 1.807) is 0 Å². The Morgan fingerprint density at radius 1 is 1.47 bits per heavy atom. The molecule has 0 bridgehead atoms. The van der Waals surface area contributed by atoms with Crippen LogP contribution >= 0.6 is 0 Å². The fraction of sp³-hybridized carbons (Fsp3) is 0.500. The van der Waals surface area contributed by atoms with Crippen molar-refractivity contribution in [2.24, 2.45) is 16.6 Å². The number of hydrogen-bond acceptors (Lipinski definition) is 1. The average molecular weight is 231 g/mol. The zero-order valence-electron chi connectivity index (χ0n) is 10.6. The summed E-state index contributed by atoms with van der Waals surface area (Å²) in [5.41, 5.74) is 8.18. The minimum atomic E-state index is 0.526. The van der Waals surface area contributed by atoms with E-state index >= 15 is 0 Å². The molecule has 1 aromatic carbocycles. The molecule has 0 saturated heterocycles. The maximum atomic E-state index is 5.85. The van der Waals surface area contributed by atoms with Gasteiger partial charge in [-0.05, 0) is 42.4 Å². The van der Waals surface area contributed by atoms with E-state index in [2.05, 4.69) is 36.3 Å². The number of benzene rings is 1. The summed E-state index contributed by atoms with van der Waals surface area (Å²) in [5.74, 6) is 1.83. The molecule has 1 aliphatic rings. The van der Waals surface area contributed by atoms with Gasteiger partial charge in [0.15, 0.2) is 5.96 Å². The van der Waals surface area contributed by atoms with Crippen molar-refractivity contribution >= 4 is 11.6 Å². The second-order valence-electron chi connectivity index (χ2n) is 5.07. The molecule has 0 amide bonds. The van der Waals surface area contributed by atoms with Gasteiger partial charge in [0.25, 0.3) is 0 Å². The Hall–Kier alpha value is -1.51. The van der Waals surface area contributed by atoms with Crippen LogP contribution < -0.4 is 11.1 Å². The molecule has 0 aromatic heterocycles. The summed E-state index contributed by atoms with van der Waals surface area (Å²) >= 11 is 0. The summed E-state index contributed by atoms with van der Waals surface area (Å²) in [6.45, 7) is 5.23. The van der Waals surface area contributed by atoms with E-state index in [0.29, 0.717) is 11.9 Å². The Bertz CT molecular complexity index is 406. The van der Waals surface area contributed by atoms with Crippen LogP contribution in [0.2, 0.25) is 0 Å². The molecule has 0 atom stereocenters. The van der Waals surface area contributed by atoms with Crippen LogP contribution in [-0.2, 0) is 0 Å². The van der Waals surface area contributed by atoms with Gasteiger partial charge in [0.1, 0.15) is 0 Å². The highest BCUT2D eigenvalue weighted by Crippen LogP contribution is 2.28. The number of nitrogens with two attached hydrogens (primary N) is 1. The highest BCUT2D eigenvalue weighted by atomic mass is 15.1. The molecule has 3 heteroatoms. The number of nitrogens with one attached hydrogen (secondary N) is 1. The van der Waals surface area contributed by atoms with E-state index < -0.39 is 0 Å². The van der Waals surface area contributed by atoms with Crippen LogP contribution in [0.15, 0.2) is 29.3 Å². The van der Waals surface area contributed by atoms with Crippen LogP contribution in [-0.4, -0.2) is 12.5 Å². The highest BCUT2D eigenvalue weighted by molar-refractivity contribution is 5.92. The smallest absolute Gasteiger partial charge is 0.193 e. The molecule has 3 N–H and O–H groups in total. The monoisotopic (exact) mass is 231 g/mol. The van der Waals surface area contributed by atoms with Gasteiger partial charge >= 0.3 is 0 Å². The molecule has 1 saturated carbocycles. The molecule has 1 aromatic rings. The maximum Gasteiger partial charge on any atom is 0.193 e. The van der Waals surface area contributed by atoms with Crippen molar-refractivity contribution in [1.82, 2.24) is 0 Å². The molecule has 0 heterocycles. The number of rotatable bonds is 4. The lowest BCUT2D eigenvalue weighted by molar-refractivity contribution is 0.846. The number of hydrogen-bond donors (Lipinski definition) is 2. The normalized spacial score (nSPS) is 16.3. The van der Waals surface area contributed by atoms with Gasteiger partial charge in [0.2, 0.25) is 0 Å². The second-order valence-corrected chi connectivity index (χ2v) is 5.07. The molecule has 2 rings (SSSR count). The molecule has 0 aliphatic heterocycles. The third kappa shape index (κ3) is 3.77. The van der Waals surface area contributed by atoms with E-state index in [-0.39, 0.29) is 0 Å². The van der Waals surface area contributed by atoms with Crippen molar-refractivity contribution in [2.45, 2.75) is 32.6 Å². The Balaban J connectivity index is 1.96. The fourth-order valence-corrected chi connectivity index (χ4v) is 1.69. The number of guanidine groups is 1. The summed E-state index contributed by atoms with van der Waals surface area (Å²) in [4.78, 5) is 4.34. The Kier molecular flexibility index (Phi) is 3.67.